The third-order valence-corrected chi connectivity index (χ3v) is 3.44. The smallest absolute Gasteiger partial charge is 0.241 e. The van der Waals surface area contributed by atoms with E-state index in [-0.39, 0.29) is 4.90 Å². The first kappa shape index (κ1) is 14.0. The van der Waals surface area contributed by atoms with E-state index in [0.717, 1.165) is 0 Å². The van der Waals surface area contributed by atoms with Crippen LogP contribution in [0.5, 0.6) is 0 Å². The molecule has 2 rings (SSSR count). The molecule has 0 aliphatic heterocycles. The summed E-state index contributed by atoms with van der Waals surface area (Å²) >= 11 is 0. The number of amides is 1. The average Bonchev–Trinajstić information content (AvgIpc) is 2.84. The summed E-state index contributed by atoms with van der Waals surface area (Å²) in [6.07, 6.45) is 2.64. The number of carbonyl (C=O) groups is 1. The van der Waals surface area contributed by atoms with Crippen molar-refractivity contribution in [2.45, 2.75) is 4.90 Å². The fraction of sp³-hybridized carbons (Fsp3) is 0. The van der Waals surface area contributed by atoms with Gasteiger partial charge in [0.1, 0.15) is 11.5 Å². The fourth-order valence-corrected chi connectivity index (χ4v) is 2.09. The van der Waals surface area contributed by atoms with Crippen LogP contribution in [0.25, 0.3) is 17.4 Å². The minimum absolute atomic E-state index is 0.0293. The molecule has 0 unspecified atom stereocenters. The maximum atomic E-state index is 11.1. The summed E-state index contributed by atoms with van der Waals surface area (Å²) < 4.78 is 27.7. The number of hydrogen-bond acceptors (Lipinski definition) is 4. The highest BCUT2D eigenvalue weighted by molar-refractivity contribution is 7.89. The van der Waals surface area contributed by atoms with Crippen molar-refractivity contribution in [3.8, 4) is 11.3 Å². The van der Waals surface area contributed by atoms with Crippen LogP contribution >= 0.6 is 0 Å². The molecule has 1 aromatic heterocycles. The molecule has 7 heteroatoms. The van der Waals surface area contributed by atoms with E-state index in [2.05, 4.69) is 0 Å². The van der Waals surface area contributed by atoms with Gasteiger partial charge in [0, 0.05) is 11.6 Å². The van der Waals surface area contributed by atoms with Crippen LogP contribution in [0, 0.1) is 0 Å². The maximum Gasteiger partial charge on any atom is 0.241 e. The topological polar surface area (TPSA) is 116 Å². The predicted octanol–water partition coefficient (Wildman–Crippen LogP) is 1.09. The van der Waals surface area contributed by atoms with Gasteiger partial charge in [-0.25, -0.2) is 13.6 Å². The highest BCUT2D eigenvalue weighted by atomic mass is 32.2. The number of sulfonamides is 1. The lowest BCUT2D eigenvalue weighted by Gasteiger charge is -2.00. The fourth-order valence-electron chi connectivity index (χ4n) is 1.57. The van der Waals surface area contributed by atoms with E-state index in [4.69, 9.17) is 15.3 Å². The molecule has 0 aliphatic carbocycles. The second kappa shape index (κ2) is 5.32. The van der Waals surface area contributed by atoms with Crippen molar-refractivity contribution in [3.05, 3.63) is 48.2 Å². The van der Waals surface area contributed by atoms with Gasteiger partial charge in [0.2, 0.25) is 15.9 Å². The van der Waals surface area contributed by atoms with E-state index in [0.29, 0.717) is 17.1 Å². The second-order valence-corrected chi connectivity index (χ2v) is 5.57. The summed E-state index contributed by atoms with van der Waals surface area (Å²) in [4.78, 5) is 10.6. The lowest BCUT2D eigenvalue weighted by atomic mass is 10.2. The van der Waals surface area contributed by atoms with E-state index in [1.165, 1.54) is 24.3 Å². The van der Waals surface area contributed by atoms with Gasteiger partial charge in [0.25, 0.3) is 0 Å². The predicted molar refractivity (Wildman–Crippen MR) is 73.7 cm³/mol. The largest absolute Gasteiger partial charge is 0.457 e. The van der Waals surface area contributed by atoms with Gasteiger partial charge in [0.15, 0.2) is 0 Å². The summed E-state index contributed by atoms with van der Waals surface area (Å²) in [7, 11) is -3.71. The summed E-state index contributed by atoms with van der Waals surface area (Å²) in [5, 5.41) is 5.01. The number of furan rings is 1. The second-order valence-electron chi connectivity index (χ2n) is 4.01. The molecular weight excluding hydrogens is 280 g/mol. The molecular formula is C13H12N2O4S. The Morgan fingerprint density at radius 3 is 2.30 bits per heavy atom. The van der Waals surface area contributed by atoms with Gasteiger partial charge in [0.05, 0.1) is 4.90 Å². The molecule has 0 bridgehead atoms. The van der Waals surface area contributed by atoms with Gasteiger partial charge in [-0.1, -0.05) is 0 Å². The van der Waals surface area contributed by atoms with Gasteiger partial charge < -0.3 is 10.2 Å². The number of nitrogens with two attached hydrogens (primary N) is 2. The lowest BCUT2D eigenvalue weighted by molar-refractivity contribution is -0.113. The summed E-state index contributed by atoms with van der Waals surface area (Å²) in [6.45, 7) is 0. The highest BCUT2D eigenvalue weighted by Gasteiger charge is 2.09. The Hall–Kier alpha value is -2.38. The first-order chi connectivity index (χ1) is 9.36. The molecule has 0 radical (unpaired) electrons. The maximum absolute atomic E-state index is 11.1. The van der Waals surface area contributed by atoms with Crippen LogP contribution in [-0.2, 0) is 14.8 Å². The molecule has 1 aromatic carbocycles. The quantitative estimate of drug-likeness (QED) is 0.820. The Morgan fingerprint density at radius 1 is 1.10 bits per heavy atom. The number of rotatable bonds is 4. The summed E-state index contributed by atoms with van der Waals surface area (Å²) in [5.41, 5.74) is 5.67. The zero-order valence-corrected chi connectivity index (χ0v) is 11.1. The van der Waals surface area contributed by atoms with Gasteiger partial charge in [-0.2, -0.15) is 0 Å². The molecule has 0 atom stereocenters. The third kappa shape index (κ3) is 3.34. The Balaban J connectivity index is 2.27. The van der Waals surface area contributed by atoms with Crippen LogP contribution in [0.15, 0.2) is 51.8 Å². The number of primary amides is 1. The Morgan fingerprint density at radius 2 is 1.75 bits per heavy atom. The molecule has 0 saturated heterocycles. The van der Waals surface area contributed by atoms with E-state index in [1.807, 2.05) is 0 Å². The monoisotopic (exact) mass is 292 g/mol. The SMILES string of the molecule is NC(=O)/C=C/c1ccc(-c2ccc(S(N)(=O)=O)cc2)o1. The standard InChI is InChI=1S/C13H12N2O4S/c14-13(16)8-4-10-3-7-12(19-10)9-1-5-11(6-2-9)20(15,17)18/h1-8H,(H2,14,16)(H2,15,17,18)/b8-4+. The van der Waals surface area contributed by atoms with Gasteiger partial charge in [-0.05, 0) is 42.5 Å². The van der Waals surface area contributed by atoms with Crippen molar-refractivity contribution in [2.24, 2.45) is 10.9 Å². The Bertz CT molecular complexity index is 758. The van der Waals surface area contributed by atoms with Crippen molar-refractivity contribution < 1.29 is 17.6 Å². The van der Waals surface area contributed by atoms with Crippen LogP contribution in [0.3, 0.4) is 0 Å². The van der Waals surface area contributed by atoms with E-state index < -0.39 is 15.9 Å². The van der Waals surface area contributed by atoms with E-state index >= 15 is 0 Å². The molecule has 0 saturated carbocycles. The van der Waals surface area contributed by atoms with Gasteiger partial charge in [-0.15, -0.1) is 0 Å². The molecule has 0 aliphatic rings. The first-order valence-corrected chi connectivity index (χ1v) is 7.11. The van der Waals surface area contributed by atoms with Crippen molar-refractivity contribution in [2.75, 3.05) is 0 Å². The van der Waals surface area contributed by atoms with Crippen molar-refractivity contribution in [1.29, 1.82) is 0 Å². The normalized spacial score (nSPS) is 11.8. The number of hydrogen-bond donors (Lipinski definition) is 2. The molecule has 4 N–H and O–H groups in total. The van der Waals surface area contributed by atoms with Gasteiger partial charge >= 0.3 is 0 Å². The Kier molecular flexibility index (Phi) is 3.73. The Labute approximate surface area is 115 Å². The zero-order chi connectivity index (χ0) is 14.8. The van der Waals surface area contributed by atoms with Crippen LogP contribution in [0.1, 0.15) is 5.76 Å². The van der Waals surface area contributed by atoms with Crippen molar-refractivity contribution in [1.82, 2.24) is 0 Å². The van der Waals surface area contributed by atoms with Crippen molar-refractivity contribution in [3.63, 3.8) is 0 Å². The first-order valence-electron chi connectivity index (χ1n) is 5.57. The highest BCUT2D eigenvalue weighted by Crippen LogP contribution is 2.23. The molecule has 1 heterocycles. The van der Waals surface area contributed by atoms with E-state index in [9.17, 15) is 13.2 Å². The van der Waals surface area contributed by atoms with Crippen LogP contribution < -0.4 is 10.9 Å². The summed E-state index contributed by atoms with van der Waals surface area (Å²) in [6, 6.07) is 9.33. The third-order valence-electron chi connectivity index (χ3n) is 2.51. The van der Waals surface area contributed by atoms with Crippen LogP contribution in [0.2, 0.25) is 0 Å². The van der Waals surface area contributed by atoms with Crippen LogP contribution in [0.4, 0.5) is 0 Å². The number of benzene rings is 1. The van der Waals surface area contributed by atoms with E-state index in [1.54, 1.807) is 24.3 Å². The summed E-state index contributed by atoms with van der Waals surface area (Å²) in [5.74, 6) is 0.435. The molecule has 2 aromatic rings. The number of carbonyl (C=O) groups excluding carboxylic acids is 1. The molecule has 0 fully saturated rings. The van der Waals surface area contributed by atoms with Gasteiger partial charge in [-0.3, -0.25) is 4.79 Å². The molecule has 20 heavy (non-hydrogen) atoms. The zero-order valence-electron chi connectivity index (χ0n) is 10.3. The molecule has 104 valence electrons. The molecule has 6 nitrogen and oxygen atoms in total. The molecule has 1 amide bonds. The lowest BCUT2D eigenvalue weighted by Crippen LogP contribution is -2.11. The molecule has 0 spiro atoms. The minimum atomic E-state index is -3.71. The van der Waals surface area contributed by atoms with Crippen molar-refractivity contribution >= 4 is 22.0 Å². The minimum Gasteiger partial charge on any atom is -0.457 e. The van der Waals surface area contributed by atoms with Crippen LogP contribution in [-0.4, -0.2) is 14.3 Å². The number of primary sulfonamides is 1. The average molecular weight is 292 g/mol.